The van der Waals surface area contributed by atoms with Crippen molar-refractivity contribution in [2.45, 2.75) is 18.6 Å². The van der Waals surface area contributed by atoms with Gasteiger partial charge < -0.3 is 16.0 Å². The first kappa shape index (κ1) is 11.9. The summed E-state index contributed by atoms with van der Waals surface area (Å²) in [6, 6.07) is 7.93. The Bertz CT molecular complexity index is 668. The van der Waals surface area contributed by atoms with E-state index in [0.29, 0.717) is 0 Å². The van der Waals surface area contributed by atoms with Gasteiger partial charge in [-0.25, -0.2) is 0 Å². The molecule has 1 aromatic heterocycles. The van der Waals surface area contributed by atoms with Crippen molar-refractivity contribution in [1.82, 2.24) is 5.32 Å². The number of hydrogen-bond donors (Lipinski definition) is 2. The Morgan fingerprint density at radius 1 is 1.35 bits per heavy atom. The topological polar surface area (TPSA) is 58.4 Å². The van der Waals surface area contributed by atoms with Crippen LogP contribution < -0.4 is 16.0 Å². The smallest absolute Gasteiger partial charge is 0.255 e. The summed E-state index contributed by atoms with van der Waals surface area (Å²) in [5.74, 6) is -0.0107. The third-order valence-corrected chi connectivity index (χ3v) is 4.82. The number of thiophene rings is 1. The van der Waals surface area contributed by atoms with Gasteiger partial charge in [-0.15, -0.1) is 0 Å². The van der Waals surface area contributed by atoms with Crippen LogP contribution in [0.1, 0.15) is 40.1 Å². The third-order valence-electron chi connectivity index (χ3n) is 4.12. The second-order valence-corrected chi connectivity index (χ2v) is 6.04. The molecule has 0 radical (unpaired) electrons. The Hall–Kier alpha value is -1.85. The monoisotopic (exact) mass is 285 g/mol. The molecule has 0 saturated heterocycles. The fourth-order valence-electron chi connectivity index (χ4n) is 3.14. The zero-order chi connectivity index (χ0) is 13.7. The van der Waals surface area contributed by atoms with Crippen molar-refractivity contribution >= 4 is 22.9 Å². The van der Waals surface area contributed by atoms with Crippen LogP contribution in [-0.2, 0) is 0 Å². The van der Waals surface area contributed by atoms with Crippen LogP contribution in [0.25, 0.3) is 0 Å². The van der Waals surface area contributed by atoms with Crippen LogP contribution in [-0.4, -0.2) is 12.5 Å². The van der Waals surface area contributed by atoms with Crippen LogP contribution >= 0.6 is 11.3 Å². The minimum atomic E-state index is -0.0742. The van der Waals surface area contributed by atoms with E-state index < -0.39 is 0 Å². The molecule has 0 aliphatic carbocycles. The number of benzene rings is 1. The number of anilines is 1. The summed E-state index contributed by atoms with van der Waals surface area (Å²) < 4.78 is 0. The summed E-state index contributed by atoms with van der Waals surface area (Å²) in [6.45, 7) is 0.867. The van der Waals surface area contributed by atoms with E-state index in [1.165, 1.54) is 0 Å². The average Bonchev–Trinajstić information content (AvgIpc) is 2.99. The van der Waals surface area contributed by atoms with Crippen LogP contribution in [0.5, 0.6) is 0 Å². The van der Waals surface area contributed by atoms with Gasteiger partial charge in [-0.3, -0.25) is 4.79 Å². The molecule has 4 rings (SSSR count). The fourth-order valence-corrected chi connectivity index (χ4v) is 3.82. The molecular weight excluding hydrogens is 270 g/mol. The summed E-state index contributed by atoms with van der Waals surface area (Å²) >= 11 is 1.65. The number of carbonyl (C=O) groups is 1. The second-order valence-electron chi connectivity index (χ2n) is 5.26. The minimum absolute atomic E-state index is 0.0107. The van der Waals surface area contributed by atoms with Crippen molar-refractivity contribution in [1.29, 1.82) is 0 Å². The highest BCUT2D eigenvalue weighted by Gasteiger charge is 2.37. The molecule has 3 N–H and O–H groups in total. The van der Waals surface area contributed by atoms with Crippen molar-refractivity contribution in [3.8, 4) is 0 Å². The minimum Gasteiger partial charge on any atom is -0.346 e. The van der Waals surface area contributed by atoms with E-state index in [0.717, 1.165) is 35.3 Å². The Morgan fingerprint density at radius 2 is 2.25 bits per heavy atom. The van der Waals surface area contributed by atoms with Gasteiger partial charge >= 0.3 is 0 Å². The first-order chi connectivity index (χ1) is 9.75. The molecule has 2 atom stereocenters. The number of nitrogens with zero attached hydrogens (tertiary/aromatic N) is 1. The predicted octanol–water partition coefficient (Wildman–Crippen LogP) is 2.40. The van der Waals surface area contributed by atoms with Gasteiger partial charge in [-0.05, 0) is 34.9 Å². The normalized spacial score (nSPS) is 24.2. The zero-order valence-corrected chi connectivity index (χ0v) is 11.7. The number of amides is 1. The molecule has 4 nitrogen and oxygen atoms in total. The summed E-state index contributed by atoms with van der Waals surface area (Å²) in [5.41, 5.74) is 10.2. The molecule has 1 amide bonds. The van der Waals surface area contributed by atoms with E-state index in [1.807, 2.05) is 23.6 Å². The molecule has 0 saturated carbocycles. The SMILES string of the molecule is N[C@@H]1CCN2c3c(cccc31)C(=O)N[C@H]2c1ccsc1. The number of rotatable bonds is 1. The van der Waals surface area contributed by atoms with E-state index in [2.05, 4.69) is 21.7 Å². The quantitative estimate of drug-likeness (QED) is 0.846. The van der Waals surface area contributed by atoms with E-state index in [4.69, 9.17) is 5.73 Å². The molecule has 2 aromatic rings. The molecule has 3 heterocycles. The van der Waals surface area contributed by atoms with Crippen LogP contribution in [0.15, 0.2) is 35.0 Å². The summed E-state index contributed by atoms with van der Waals surface area (Å²) in [7, 11) is 0. The lowest BCUT2D eigenvalue weighted by Gasteiger charge is -2.44. The number of nitrogens with two attached hydrogens (primary N) is 1. The molecule has 0 bridgehead atoms. The van der Waals surface area contributed by atoms with Gasteiger partial charge in [-0.2, -0.15) is 11.3 Å². The first-order valence-corrected chi connectivity index (χ1v) is 7.68. The van der Waals surface area contributed by atoms with Crippen LogP contribution in [0.4, 0.5) is 5.69 Å². The summed E-state index contributed by atoms with van der Waals surface area (Å²) in [5, 5.41) is 7.24. The Kier molecular flexibility index (Phi) is 2.58. The lowest BCUT2D eigenvalue weighted by Crippen LogP contribution is -2.49. The number of carbonyl (C=O) groups excluding carboxylic acids is 1. The maximum atomic E-state index is 12.4. The van der Waals surface area contributed by atoms with Crippen molar-refractivity contribution in [3.05, 3.63) is 51.7 Å². The van der Waals surface area contributed by atoms with Gasteiger partial charge in [0.1, 0.15) is 6.17 Å². The van der Waals surface area contributed by atoms with Gasteiger partial charge in [0, 0.05) is 18.2 Å². The molecule has 20 heavy (non-hydrogen) atoms. The predicted molar refractivity (Wildman–Crippen MR) is 79.9 cm³/mol. The molecule has 0 unspecified atom stereocenters. The molecule has 2 aliphatic rings. The highest BCUT2D eigenvalue weighted by atomic mass is 32.1. The van der Waals surface area contributed by atoms with Crippen LogP contribution in [0.3, 0.4) is 0 Å². The highest BCUT2D eigenvalue weighted by molar-refractivity contribution is 7.08. The lowest BCUT2D eigenvalue weighted by molar-refractivity contribution is 0.0925. The Morgan fingerprint density at radius 3 is 3.05 bits per heavy atom. The first-order valence-electron chi connectivity index (χ1n) is 6.74. The maximum Gasteiger partial charge on any atom is 0.255 e. The van der Waals surface area contributed by atoms with Gasteiger partial charge in [0.2, 0.25) is 0 Å². The number of hydrogen-bond acceptors (Lipinski definition) is 4. The lowest BCUT2D eigenvalue weighted by atomic mass is 9.91. The van der Waals surface area contributed by atoms with E-state index >= 15 is 0 Å². The van der Waals surface area contributed by atoms with E-state index in [1.54, 1.807) is 11.3 Å². The maximum absolute atomic E-state index is 12.4. The molecule has 1 aromatic carbocycles. The highest BCUT2D eigenvalue weighted by Crippen LogP contribution is 2.42. The zero-order valence-electron chi connectivity index (χ0n) is 10.9. The summed E-state index contributed by atoms with van der Waals surface area (Å²) in [4.78, 5) is 14.6. The van der Waals surface area contributed by atoms with Crippen molar-refractivity contribution in [2.24, 2.45) is 5.73 Å². The molecule has 2 aliphatic heterocycles. The van der Waals surface area contributed by atoms with Crippen molar-refractivity contribution in [2.75, 3.05) is 11.4 Å². The van der Waals surface area contributed by atoms with Crippen molar-refractivity contribution in [3.63, 3.8) is 0 Å². The Labute approximate surface area is 121 Å². The molecule has 0 fully saturated rings. The van der Waals surface area contributed by atoms with Crippen LogP contribution in [0.2, 0.25) is 0 Å². The van der Waals surface area contributed by atoms with E-state index in [9.17, 15) is 4.79 Å². The van der Waals surface area contributed by atoms with Crippen LogP contribution in [0, 0.1) is 0 Å². The molecule has 102 valence electrons. The van der Waals surface area contributed by atoms with Gasteiger partial charge in [0.15, 0.2) is 0 Å². The van der Waals surface area contributed by atoms with Gasteiger partial charge in [0.25, 0.3) is 5.91 Å². The van der Waals surface area contributed by atoms with Gasteiger partial charge in [-0.1, -0.05) is 12.1 Å². The summed E-state index contributed by atoms with van der Waals surface area (Å²) in [6.07, 6.45) is 0.836. The molecular formula is C15H15N3OS. The van der Waals surface area contributed by atoms with Crippen molar-refractivity contribution < 1.29 is 4.79 Å². The fraction of sp³-hybridized carbons (Fsp3) is 0.267. The standard InChI is InChI=1S/C15H15N3OS/c16-12-4-6-18-13-10(12)2-1-3-11(13)15(19)17-14(18)9-5-7-20-8-9/h1-3,5,7-8,12,14H,4,6,16H2,(H,17,19)/t12-,14-/m1/s1. The average molecular weight is 285 g/mol. The van der Waals surface area contributed by atoms with E-state index in [-0.39, 0.29) is 18.1 Å². The Balaban J connectivity index is 1.90. The van der Waals surface area contributed by atoms with Gasteiger partial charge in [0.05, 0.1) is 11.3 Å². The molecule has 0 spiro atoms. The largest absolute Gasteiger partial charge is 0.346 e. The third kappa shape index (κ3) is 1.60. The molecule has 5 heteroatoms. The number of para-hydroxylation sites is 1. The second kappa shape index (κ2) is 4.33. The number of nitrogens with one attached hydrogen (secondary N) is 1.